The molecule has 0 spiro atoms. The number of carbonyl (C=O) groups is 1. The monoisotopic (exact) mass is 236 g/mol. The second-order valence-corrected chi connectivity index (χ2v) is 4.34. The maximum Gasteiger partial charge on any atom is 0.260 e. The van der Waals surface area contributed by atoms with E-state index in [1.54, 1.807) is 6.07 Å². The minimum atomic E-state index is -0.504. The Labute approximate surface area is 98.9 Å². The Balaban J connectivity index is 2.06. The highest BCUT2D eigenvalue weighted by molar-refractivity contribution is 5.93. The lowest BCUT2D eigenvalue weighted by Crippen LogP contribution is -2.46. The zero-order valence-corrected chi connectivity index (χ0v) is 9.48. The molecule has 0 aromatic carbocycles. The highest BCUT2D eigenvalue weighted by Crippen LogP contribution is 2.18. The van der Waals surface area contributed by atoms with Crippen molar-refractivity contribution >= 4 is 5.91 Å². The number of H-pyrrole nitrogens is 1. The van der Waals surface area contributed by atoms with E-state index in [-0.39, 0.29) is 11.6 Å². The normalized spacial score (nSPS) is 24.3. The number of hydrogen-bond acceptors (Lipinski definition) is 3. The van der Waals surface area contributed by atoms with Crippen molar-refractivity contribution in [2.45, 2.75) is 37.8 Å². The van der Waals surface area contributed by atoms with Gasteiger partial charge in [-0.3, -0.25) is 9.59 Å². The Morgan fingerprint density at radius 2 is 2.18 bits per heavy atom. The number of pyridine rings is 1. The van der Waals surface area contributed by atoms with Gasteiger partial charge in [0.1, 0.15) is 5.56 Å². The van der Waals surface area contributed by atoms with Crippen LogP contribution in [0, 0.1) is 0 Å². The fourth-order valence-electron chi connectivity index (χ4n) is 2.13. The summed E-state index contributed by atoms with van der Waals surface area (Å²) in [6, 6.07) is 2.84. The first-order valence-electron chi connectivity index (χ1n) is 5.85. The largest absolute Gasteiger partial charge is 0.391 e. The van der Waals surface area contributed by atoms with Crippen LogP contribution in [0.2, 0.25) is 0 Å². The summed E-state index contributed by atoms with van der Waals surface area (Å²) >= 11 is 0. The molecule has 1 heterocycles. The number of aliphatic hydroxyl groups is 1. The lowest BCUT2D eigenvalue weighted by molar-refractivity contribution is 0.0716. The molecule has 5 heteroatoms. The third-order valence-electron chi connectivity index (χ3n) is 3.11. The minimum absolute atomic E-state index is 0.0882. The summed E-state index contributed by atoms with van der Waals surface area (Å²) in [4.78, 5) is 25.7. The fourth-order valence-corrected chi connectivity index (χ4v) is 2.13. The summed E-state index contributed by atoms with van der Waals surface area (Å²) in [7, 11) is 0. The predicted octanol–water partition coefficient (Wildman–Crippen LogP) is 0.408. The quantitative estimate of drug-likeness (QED) is 0.695. The van der Waals surface area contributed by atoms with Gasteiger partial charge in [0.2, 0.25) is 0 Å². The molecule has 1 aromatic rings. The molecule has 17 heavy (non-hydrogen) atoms. The summed E-state index contributed by atoms with van der Waals surface area (Å²) in [6.07, 6.45) is 4.42. The maximum atomic E-state index is 11.8. The standard InChI is InChI=1S/C12H16N2O3/c15-10-6-2-1-5-9(10)14-12(17)8-4-3-7-13-11(8)16/h3-4,7,9-10,15H,1-2,5-6H2,(H,13,16)(H,14,17). The van der Waals surface area contributed by atoms with Gasteiger partial charge in [-0.15, -0.1) is 0 Å². The van der Waals surface area contributed by atoms with Crippen molar-refractivity contribution in [2.75, 3.05) is 0 Å². The molecule has 2 unspecified atom stereocenters. The van der Waals surface area contributed by atoms with E-state index in [0.29, 0.717) is 6.42 Å². The van der Waals surface area contributed by atoms with Gasteiger partial charge in [-0.25, -0.2) is 0 Å². The molecule has 1 aliphatic carbocycles. The minimum Gasteiger partial charge on any atom is -0.391 e. The molecule has 92 valence electrons. The van der Waals surface area contributed by atoms with Crippen LogP contribution in [0.4, 0.5) is 0 Å². The van der Waals surface area contributed by atoms with Crippen molar-refractivity contribution in [3.63, 3.8) is 0 Å². The molecule has 5 nitrogen and oxygen atoms in total. The summed E-state index contributed by atoms with van der Waals surface area (Å²) in [5, 5.41) is 12.5. The van der Waals surface area contributed by atoms with Crippen LogP contribution in [0.1, 0.15) is 36.0 Å². The predicted molar refractivity (Wildman–Crippen MR) is 62.8 cm³/mol. The summed E-state index contributed by atoms with van der Waals surface area (Å²) in [5.74, 6) is -0.419. The number of carbonyl (C=O) groups excluding carboxylic acids is 1. The van der Waals surface area contributed by atoms with Gasteiger partial charge >= 0.3 is 0 Å². The number of hydrogen-bond donors (Lipinski definition) is 3. The Morgan fingerprint density at radius 3 is 2.88 bits per heavy atom. The van der Waals surface area contributed by atoms with Gasteiger partial charge in [-0.1, -0.05) is 12.8 Å². The molecular weight excluding hydrogens is 220 g/mol. The molecule has 1 fully saturated rings. The van der Waals surface area contributed by atoms with Crippen LogP contribution in [0.15, 0.2) is 23.1 Å². The van der Waals surface area contributed by atoms with Crippen LogP contribution in [0.5, 0.6) is 0 Å². The molecule has 3 N–H and O–H groups in total. The second kappa shape index (κ2) is 5.14. The van der Waals surface area contributed by atoms with Gasteiger partial charge in [0.15, 0.2) is 0 Å². The molecule has 1 aromatic heterocycles. The van der Waals surface area contributed by atoms with E-state index < -0.39 is 17.6 Å². The van der Waals surface area contributed by atoms with Crippen molar-refractivity contribution in [1.29, 1.82) is 0 Å². The van der Waals surface area contributed by atoms with Crippen LogP contribution < -0.4 is 10.9 Å². The SMILES string of the molecule is O=C(NC1CCCCC1O)c1ccc[nH]c1=O. The van der Waals surface area contributed by atoms with Crippen LogP contribution in [0.3, 0.4) is 0 Å². The van der Waals surface area contributed by atoms with Gasteiger partial charge in [0, 0.05) is 6.20 Å². The second-order valence-electron chi connectivity index (χ2n) is 4.34. The molecule has 2 rings (SSSR count). The summed E-state index contributed by atoms with van der Waals surface area (Å²) < 4.78 is 0. The highest BCUT2D eigenvalue weighted by Gasteiger charge is 2.25. The lowest BCUT2D eigenvalue weighted by Gasteiger charge is -2.28. The van der Waals surface area contributed by atoms with E-state index in [9.17, 15) is 14.7 Å². The molecule has 0 saturated heterocycles. The molecule has 1 amide bonds. The molecule has 1 saturated carbocycles. The van der Waals surface area contributed by atoms with Gasteiger partial charge in [-0.05, 0) is 25.0 Å². The zero-order chi connectivity index (χ0) is 12.3. The number of amides is 1. The van der Waals surface area contributed by atoms with Crippen molar-refractivity contribution in [2.24, 2.45) is 0 Å². The van der Waals surface area contributed by atoms with Crippen LogP contribution in [0.25, 0.3) is 0 Å². The van der Waals surface area contributed by atoms with E-state index >= 15 is 0 Å². The molecular formula is C12H16N2O3. The highest BCUT2D eigenvalue weighted by atomic mass is 16.3. The van der Waals surface area contributed by atoms with Crippen molar-refractivity contribution < 1.29 is 9.90 Å². The zero-order valence-electron chi connectivity index (χ0n) is 9.48. The third kappa shape index (κ3) is 2.74. The van der Waals surface area contributed by atoms with Crippen LogP contribution in [-0.2, 0) is 0 Å². The van der Waals surface area contributed by atoms with E-state index in [1.165, 1.54) is 12.3 Å². The molecule has 0 radical (unpaired) electrons. The average molecular weight is 236 g/mol. The molecule has 0 aliphatic heterocycles. The summed E-state index contributed by atoms with van der Waals surface area (Å²) in [6.45, 7) is 0. The number of rotatable bonds is 2. The lowest BCUT2D eigenvalue weighted by atomic mass is 9.92. The smallest absolute Gasteiger partial charge is 0.260 e. The Kier molecular flexibility index (Phi) is 3.58. The number of nitrogens with one attached hydrogen (secondary N) is 2. The average Bonchev–Trinajstić information content (AvgIpc) is 2.32. The van der Waals surface area contributed by atoms with E-state index in [4.69, 9.17) is 0 Å². The van der Waals surface area contributed by atoms with Crippen molar-refractivity contribution in [1.82, 2.24) is 10.3 Å². The van der Waals surface area contributed by atoms with Crippen LogP contribution >= 0.6 is 0 Å². The first kappa shape index (κ1) is 11.9. The molecule has 1 aliphatic rings. The topological polar surface area (TPSA) is 82.2 Å². The maximum absolute atomic E-state index is 11.8. The van der Waals surface area contributed by atoms with Gasteiger partial charge in [0.25, 0.3) is 11.5 Å². The number of aromatic nitrogens is 1. The number of aliphatic hydroxyl groups excluding tert-OH is 1. The number of aromatic amines is 1. The van der Waals surface area contributed by atoms with E-state index in [1.807, 2.05) is 0 Å². The Morgan fingerprint density at radius 1 is 1.41 bits per heavy atom. The van der Waals surface area contributed by atoms with Crippen molar-refractivity contribution in [3.05, 3.63) is 34.2 Å². The van der Waals surface area contributed by atoms with Crippen LogP contribution in [-0.4, -0.2) is 28.1 Å². The molecule has 0 bridgehead atoms. The van der Waals surface area contributed by atoms with Gasteiger partial charge in [0.05, 0.1) is 12.1 Å². The Hall–Kier alpha value is -1.62. The summed E-state index contributed by atoms with van der Waals surface area (Å²) in [5.41, 5.74) is -0.319. The van der Waals surface area contributed by atoms with Gasteiger partial charge < -0.3 is 15.4 Å². The van der Waals surface area contributed by atoms with Gasteiger partial charge in [-0.2, -0.15) is 0 Å². The first-order valence-corrected chi connectivity index (χ1v) is 5.85. The molecule has 2 atom stereocenters. The third-order valence-corrected chi connectivity index (χ3v) is 3.11. The first-order chi connectivity index (χ1) is 8.18. The fraction of sp³-hybridized carbons (Fsp3) is 0.500. The van der Waals surface area contributed by atoms with Crippen molar-refractivity contribution in [3.8, 4) is 0 Å². The van der Waals surface area contributed by atoms with E-state index in [0.717, 1.165) is 19.3 Å². The van der Waals surface area contributed by atoms with E-state index in [2.05, 4.69) is 10.3 Å². The Bertz CT molecular complexity index is 455.